The molecule has 0 saturated carbocycles. The highest BCUT2D eigenvalue weighted by Crippen LogP contribution is 2.12. The van der Waals surface area contributed by atoms with E-state index < -0.39 is 0 Å². The zero-order valence-electron chi connectivity index (χ0n) is 8.58. The van der Waals surface area contributed by atoms with Crippen LogP contribution in [0.3, 0.4) is 0 Å². The average Bonchev–Trinajstić information content (AvgIpc) is 2.18. The van der Waals surface area contributed by atoms with Crippen molar-refractivity contribution < 1.29 is 9.59 Å². The molecule has 4 heteroatoms. The second-order valence-corrected chi connectivity index (χ2v) is 4.62. The van der Waals surface area contributed by atoms with Crippen molar-refractivity contribution in [3.63, 3.8) is 0 Å². The Balaban J connectivity index is 2.83. The van der Waals surface area contributed by atoms with E-state index in [1.54, 1.807) is 31.2 Å². The van der Waals surface area contributed by atoms with Crippen LogP contribution in [0.4, 0.5) is 5.69 Å². The third-order valence-electron chi connectivity index (χ3n) is 1.90. The maximum Gasteiger partial charge on any atom is 0.237 e. The summed E-state index contributed by atoms with van der Waals surface area (Å²) in [5.41, 5.74) is 1.23. The summed E-state index contributed by atoms with van der Waals surface area (Å²) < 4.78 is 0. The van der Waals surface area contributed by atoms with Crippen molar-refractivity contribution in [2.45, 2.75) is 18.7 Å². The number of ketones is 1. The summed E-state index contributed by atoms with van der Waals surface area (Å²) in [6.07, 6.45) is 0. The minimum Gasteiger partial charge on any atom is -0.325 e. The molecule has 0 bridgehead atoms. The molecule has 0 saturated heterocycles. The Kier molecular flexibility index (Phi) is 4.03. The zero-order chi connectivity index (χ0) is 11.4. The van der Waals surface area contributed by atoms with Crippen molar-refractivity contribution in [1.29, 1.82) is 0 Å². The van der Waals surface area contributed by atoms with Crippen LogP contribution in [0, 0.1) is 0 Å². The molecule has 1 rings (SSSR count). The summed E-state index contributed by atoms with van der Waals surface area (Å²) >= 11 is 3.17. The van der Waals surface area contributed by atoms with Gasteiger partial charge < -0.3 is 5.32 Å². The fourth-order valence-electron chi connectivity index (χ4n) is 1.06. The molecule has 3 nitrogen and oxygen atoms in total. The summed E-state index contributed by atoms with van der Waals surface area (Å²) in [6.45, 7) is 3.23. The van der Waals surface area contributed by atoms with Crippen LogP contribution in [-0.2, 0) is 4.79 Å². The molecular weight excluding hydrogens is 258 g/mol. The number of carbonyl (C=O) groups excluding carboxylic acids is 2. The van der Waals surface area contributed by atoms with Gasteiger partial charge in [0.2, 0.25) is 5.91 Å². The van der Waals surface area contributed by atoms with E-state index in [1.165, 1.54) is 6.92 Å². The van der Waals surface area contributed by atoms with E-state index in [9.17, 15) is 9.59 Å². The van der Waals surface area contributed by atoms with Crippen molar-refractivity contribution in [3.05, 3.63) is 29.8 Å². The Morgan fingerprint density at radius 3 is 2.60 bits per heavy atom. The second-order valence-electron chi connectivity index (χ2n) is 3.24. The van der Waals surface area contributed by atoms with Gasteiger partial charge in [0.15, 0.2) is 5.78 Å². The molecular formula is C11H12BrNO2. The van der Waals surface area contributed by atoms with Gasteiger partial charge in [-0.15, -0.1) is 0 Å². The number of alkyl halides is 1. The molecule has 1 aromatic carbocycles. The van der Waals surface area contributed by atoms with E-state index in [4.69, 9.17) is 0 Å². The number of amides is 1. The van der Waals surface area contributed by atoms with E-state index >= 15 is 0 Å². The fraction of sp³-hybridized carbons (Fsp3) is 0.273. The third-order valence-corrected chi connectivity index (χ3v) is 2.31. The van der Waals surface area contributed by atoms with Crippen molar-refractivity contribution in [3.8, 4) is 0 Å². The maximum absolute atomic E-state index is 11.4. The van der Waals surface area contributed by atoms with Crippen molar-refractivity contribution in [2.75, 3.05) is 5.32 Å². The Morgan fingerprint density at radius 1 is 1.40 bits per heavy atom. The van der Waals surface area contributed by atoms with E-state index in [0.29, 0.717) is 11.3 Å². The highest BCUT2D eigenvalue weighted by Gasteiger charge is 2.09. The van der Waals surface area contributed by atoms with E-state index in [2.05, 4.69) is 21.2 Å². The number of halogens is 1. The fourth-order valence-corrected chi connectivity index (χ4v) is 1.17. The number of anilines is 1. The first-order chi connectivity index (χ1) is 7.00. The average molecular weight is 270 g/mol. The molecule has 0 aliphatic rings. The van der Waals surface area contributed by atoms with Gasteiger partial charge in [-0.1, -0.05) is 28.1 Å². The number of Topliss-reactive ketones (excluding diaryl/α,β-unsaturated/α-hetero) is 1. The number of hydrogen-bond acceptors (Lipinski definition) is 2. The van der Waals surface area contributed by atoms with E-state index in [1.807, 2.05) is 0 Å². The summed E-state index contributed by atoms with van der Waals surface area (Å²) in [4.78, 5) is 22.2. The van der Waals surface area contributed by atoms with Gasteiger partial charge in [0, 0.05) is 11.3 Å². The van der Waals surface area contributed by atoms with Crippen molar-refractivity contribution in [1.82, 2.24) is 0 Å². The lowest BCUT2D eigenvalue weighted by molar-refractivity contribution is -0.115. The van der Waals surface area contributed by atoms with Gasteiger partial charge in [-0.05, 0) is 26.0 Å². The first kappa shape index (κ1) is 11.9. The molecule has 0 aliphatic heterocycles. The number of rotatable bonds is 3. The number of nitrogens with one attached hydrogen (secondary N) is 1. The van der Waals surface area contributed by atoms with Gasteiger partial charge in [0.1, 0.15) is 0 Å². The lowest BCUT2D eigenvalue weighted by atomic mass is 10.1. The molecule has 15 heavy (non-hydrogen) atoms. The lowest BCUT2D eigenvalue weighted by Gasteiger charge is -2.07. The molecule has 80 valence electrons. The predicted octanol–water partition coefficient (Wildman–Crippen LogP) is 2.61. The Hall–Kier alpha value is -1.16. The highest BCUT2D eigenvalue weighted by atomic mass is 79.9. The maximum atomic E-state index is 11.4. The van der Waals surface area contributed by atoms with Gasteiger partial charge in [0.05, 0.1) is 4.83 Å². The van der Waals surface area contributed by atoms with Crippen molar-refractivity contribution >= 4 is 33.3 Å². The van der Waals surface area contributed by atoms with Crippen LogP contribution in [0.1, 0.15) is 24.2 Å². The normalized spacial score (nSPS) is 11.9. The third kappa shape index (κ3) is 3.47. The number of carbonyl (C=O) groups is 2. The van der Waals surface area contributed by atoms with E-state index in [-0.39, 0.29) is 16.5 Å². The molecule has 0 fully saturated rings. The van der Waals surface area contributed by atoms with Crippen LogP contribution in [0.25, 0.3) is 0 Å². The lowest BCUT2D eigenvalue weighted by Crippen LogP contribution is -2.19. The number of hydrogen-bond donors (Lipinski definition) is 1. The Labute approximate surface area is 97.0 Å². The second kappa shape index (κ2) is 5.07. The molecule has 1 amide bonds. The first-order valence-corrected chi connectivity index (χ1v) is 5.48. The summed E-state index contributed by atoms with van der Waals surface area (Å²) in [7, 11) is 0. The highest BCUT2D eigenvalue weighted by molar-refractivity contribution is 9.10. The zero-order valence-corrected chi connectivity index (χ0v) is 10.2. The molecule has 1 atom stereocenters. The van der Waals surface area contributed by atoms with Gasteiger partial charge in [0.25, 0.3) is 0 Å². The Bertz CT molecular complexity index is 388. The van der Waals surface area contributed by atoms with Gasteiger partial charge in [-0.3, -0.25) is 9.59 Å². The van der Waals surface area contributed by atoms with Gasteiger partial charge >= 0.3 is 0 Å². The van der Waals surface area contributed by atoms with Gasteiger partial charge in [-0.25, -0.2) is 0 Å². The largest absolute Gasteiger partial charge is 0.325 e. The summed E-state index contributed by atoms with van der Waals surface area (Å²) in [6, 6.07) is 6.87. The van der Waals surface area contributed by atoms with Crippen LogP contribution in [0.2, 0.25) is 0 Å². The van der Waals surface area contributed by atoms with Crippen LogP contribution in [0.15, 0.2) is 24.3 Å². The quantitative estimate of drug-likeness (QED) is 0.677. The van der Waals surface area contributed by atoms with Gasteiger partial charge in [-0.2, -0.15) is 0 Å². The Morgan fingerprint density at radius 2 is 2.07 bits per heavy atom. The molecule has 0 spiro atoms. The monoisotopic (exact) mass is 269 g/mol. The topological polar surface area (TPSA) is 46.2 Å². The molecule has 1 N–H and O–H groups in total. The smallest absolute Gasteiger partial charge is 0.237 e. The van der Waals surface area contributed by atoms with Crippen molar-refractivity contribution in [2.24, 2.45) is 0 Å². The molecule has 0 aliphatic carbocycles. The standard InChI is InChI=1S/C11H12BrNO2/c1-7(12)11(15)13-10-5-3-4-9(6-10)8(2)14/h3-7H,1-2H3,(H,13,15)/t7-/m1/s1. The summed E-state index contributed by atoms with van der Waals surface area (Å²) in [5.74, 6) is -0.145. The molecule has 0 heterocycles. The number of benzene rings is 1. The molecule has 1 aromatic rings. The van der Waals surface area contributed by atoms with Crippen LogP contribution in [-0.4, -0.2) is 16.5 Å². The molecule has 0 unspecified atom stereocenters. The SMILES string of the molecule is CC(=O)c1cccc(NC(=O)[C@@H](C)Br)c1. The minimum absolute atomic E-state index is 0.0158. The molecule has 0 aromatic heterocycles. The minimum atomic E-state index is -0.251. The van der Waals surface area contributed by atoms with E-state index in [0.717, 1.165) is 0 Å². The van der Waals surface area contributed by atoms with Crippen LogP contribution < -0.4 is 5.32 Å². The van der Waals surface area contributed by atoms with Crippen LogP contribution in [0.5, 0.6) is 0 Å². The predicted molar refractivity (Wildman–Crippen MR) is 63.5 cm³/mol. The first-order valence-electron chi connectivity index (χ1n) is 4.56. The molecule has 0 radical (unpaired) electrons. The summed E-state index contributed by atoms with van der Waals surface area (Å²) in [5, 5.41) is 2.70. The van der Waals surface area contributed by atoms with Crippen LogP contribution >= 0.6 is 15.9 Å².